The summed E-state index contributed by atoms with van der Waals surface area (Å²) in [5, 5.41) is 0. The number of carbonyl (C=O) groups excluding carboxylic acids is 2. The molecule has 0 aliphatic heterocycles. The fourth-order valence-electron chi connectivity index (χ4n) is 9.54. The minimum absolute atomic E-state index is 0.0381. The minimum atomic E-state index is -4.42. The van der Waals surface area contributed by atoms with E-state index in [0.717, 1.165) is 180 Å². The van der Waals surface area contributed by atoms with Gasteiger partial charge in [-0.2, -0.15) is 0 Å². The molecule has 0 spiro atoms. The lowest BCUT2D eigenvalue weighted by Gasteiger charge is -2.19. The average Bonchev–Trinajstić information content (AvgIpc) is 2.88. The quantitative estimate of drug-likeness (QED) is 0.0264. The molecule has 10 heteroatoms. The third kappa shape index (κ3) is 78.9. The van der Waals surface area contributed by atoms with Crippen LogP contribution in [0, 0.1) is 0 Å². The highest BCUT2D eigenvalue weighted by atomic mass is 31.2. The van der Waals surface area contributed by atoms with Crippen LogP contribution in [0.4, 0.5) is 0 Å². The smallest absolute Gasteiger partial charge is 0.462 e. The van der Waals surface area contributed by atoms with Crippen LogP contribution in [0.25, 0.3) is 0 Å². The normalized spacial score (nSPS) is 14.2. The topological polar surface area (TPSA) is 134 Å². The Hall–Kier alpha value is -5.93. The zero-order valence-electron chi connectivity index (χ0n) is 61.0. The zero-order valence-corrected chi connectivity index (χ0v) is 61.9. The summed E-state index contributed by atoms with van der Waals surface area (Å²) in [5.74, 6) is -0.866. The van der Waals surface area contributed by atoms with Gasteiger partial charge in [0.2, 0.25) is 0 Å². The maximum absolute atomic E-state index is 12.8. The summed E-state index contributed by atoms with van der Waals surface area (Å²) < 4.78 is 33.2. The second kappa shape index (κ2) is 79.1. The Bertz CT molecular complexity index is 2450. The zero-order chi connectivity index (χ0) is 70.0. The number of phosphoric ester groups is 1. The molecular formula is C87H136NO8P. The molecule has 0 aromatic heterocycles. The Labute approximate surface area is 593 Å². The van der Waals surface area contributed by atoms with Crippen LogP contribution in [0.1, 0.15) is 271 Å². The van der Waals surface area contributed by atoms with Crippen LogP contribution in [0.5, 0.6) is 0 Å². The molecule has 542 valence electrons. The second-order valence-corrected chi connectivity index (χ2v) is 25.5. The molecule has 0 aromatic carbocycles. The lowest BCUT2D eigenvalue weighted by molar-refractivity contribution is -0.161. The molecule has 0 saturated heterocycles. The maximum Gasteiger partial charge on any atom is 0.472 e. The van der Waals surface area contributed by atoms with E-state index in [1.165, 1.54) is 51.4 Å². The Kier molecular flexibility index (Phi) is 74.2. The Morgan fingerprint density at radius 1 is 0.309 bits per heavy atom. The first-order chi connectivity index (χ1) is 47.8. The third-order valence-corrected chi connectivity index (χ3v) is 16.0. The molecule has 0 aromatic rings. The summed E-state index contributed by atoms with van der Waals surface area (Å²) in [6.07, 6.45) is 124. The first-order valence-electron chi connectivity index (χ1n) is 37.9. The number of nitrogens with two attached hydrogens (primary N) is 1. The van der Waals surface area contributed by atoms with Crippen molar-refractivity contribution in [3.8, 4) is 0 Å². The standard InChI is InChI=1S/C87H136NO8P/c1-3-5-7-9-11-13-15-17-19-21-23-25-27-29-31-33-35-37-39-41-42-44-46-48-50-52-54-56-58-60-62-64-66-68-70-72-74-76-78-80-87(90)96-85(84-95-97(91,92)94-82-81-88)83-93-86(89)79-77-75-73-71-69-67-65-63-61-59-57-55-53-51-49-47-45-43-40-38-36-34-32-30-28-26-24-22-20-18-16-14-12-10-8-6-4-2/h5-8,11-14,17-20,23-26,29-32,35-38,41-43,45-46,48-49,51-52,54,58,60,64,66,85H,3-4,9-10,15-16,21-22,27-28,33-34,39-40,44,47,50,53,55-57,59,61-63,65,67-84,88H2,1-2H3,(H,91,92)/b7-5-,8-6-,13-11-,14-12-,19-17-,20-18-,25-23-,26-24-,31-29-,32-30-,37-35-,38-36-,42-41-,45-43-,48-46-,51-49-,54-52-,60-58-,66-64-. The van der Waals surface area contributed by atoms with E-state index in [-0.39, 0.29) is 32.6 Å². The largest absolute Gasteiger partial charge is 0.472 e. The van der Waals surface area contributed by atoms with Gasteiger partial charge in [0.1, 0.15) is 6.61 Å². The molecule has 0 fully saturated rings. The number of allylic oxidation sites excluding steroid dienone is 38. The van der Waals surface area contributed by atoms with Gasteiger partial charge in [-0.05, 0) is 161 Å². The fraction of sp³-hybridized carbons (Fsp3) is 0.540. The van der Waals surface area contributed by atoms with Crippen molar-refractivity contribution in [2.75, 3.05) is 26.4 Å². The average molecular weight is 1360 g/mol. The number of hydrogen-bond donors (Lipinski definition) is 2. The van der Waals surface area contributed by atoms with Gasteiger partial charge < -0.3 is 20.1 Å². The molecular weight excluding hydrogens is 1220 g/mol. The Morgan fingerprint density at radius 3 is 0.794 bits per heavy atom. The molecule has 9 nitrogen and oxygen atoms in total. The fourth-order valence-corrected chi connectivity index (χ4v) is 10.3. The first-order valence-corrected chi connectivity index (χ1v) is 39.4. The third-order valence-electron chi connectivity index (χ3n) is 15.0. The van der Waals surface area contributed by atoms with E-state index in [4.69, 9.17) is 24.3 Å². The van der Waals surface area contributed by atoms with Crippen molar-refractivity contribution in [3.63, 3.8) is 0 Å². The lowest BCUT2D eigenvalue weighted by atomic mass is 10.0. The van der Waals surface area contributed by atoms with Gasteiger partial charge in [-0.15, -0.1) is 0 Å². The number of hydrogen-bond acceptors (Lipinski definition) is 8. The van der Waals surface area contributed by atoms with E-state index in [1.54, 1.807) is 0 Å². The number of unbranched alkanes of at least 4 members (excludes halogenated alkanes) is 17. The number of ether oxygens (including phenoxy) is 2. The summed E-state index contributed by atoms with van der Waals surface area (Å²) in [6, 6.07) is 0. The molecule has 2 unspecified atom stereocenters. The second-order valence-electron chi connectivity index (χ2n) is 24.0. The van der Waals surface area contributed by atoms with Crippen LogP contribution >= 0.6 is 7.82 Å². The van der Waals surface area contributed by atoms with E-state index in [9.17, 15) is 19.0 Å². The summed E-state index contributed by atoms with van der Waals surface area (Å²) >= 11 is 0. The van der Waals surface area contributed by atoms with Gasteiger partial charge in [0.05, 0.1) is 13.2 Å². The molecule has 0 radical (unpaired) electrons. The van der Waals surface area contributed by atoms with Crippen molar-refractivity contribution in [3.05, 3.63) is 231 Å². The van der Waals surface area contributed by atoms with Crippen LogP contribution in [-0.4, -0.2) is 49.3 Å². The molecule has 0 heterocycles. The summed E-state index contributed by atoms with van der Waals surface area (Å²) in [4.78, 5) is 35.4. The van der Waals surface area contributed by atoms with E-state index >= 15 is 0 Å². The van der Waals surface area contributed by atoms with E-state index in [1.807, 2.05) is 0 Å². The molecule has 0 amide bonds. The molecule has 0 aliphatic rings. The van der Waals surface area contributed by atoms with E-state index in [2.05, 4.69) is 245 Å². The molecule has 97 heavy (non-hydrogen) atoms. The van der Waals surface area contributed by atoms with Gasteiger partial charge in [0, 0.05) is 19.4 Å². The Morgan fingerprint density at radius 2 is 0.536 bits per heavy atom. The highest BCUT2D eigenvalue weighted by molar-refractivity contribution is 7.47. The highest BCUT2D eigenvalue weighted by Gasteiger charge is 2.26. The molecule has 3 N–H and O–H groups in total. The minimum Gasteiger partial charge on any atom is -0.462 e. The van der Waals surface area contributed by atoms with Crippen molar-refractivity contribution in [2.24, 2.45) is 5.73 Å². The van der Waals surface area contributed by atoms with Crippen LogP contribution in [-0.2, 0) is 32.7 Å². The van der Waals surface area contributed by atoms with Gasteiger partial charge in [-0.1, -0.05) is 328 Å². The molecule has 2 atom stereocenters. The van der Waals surface area contributed by atoms with Crippen molar-refractivity contribution < 1.29 is 37.6 Å². The van der Waals surface area contributed by atoms with Gasteiger partial charge >= 0.3 is 19.8 Å². The predicted molar refractivity (Wildman–Crippen MR) is 421 cm³/mol. The number of carbonyl (C=O) groups is 2. The van der Waals surface area contributed by atoms with Crippen molar-refractivity contribution in [1.82, 2.24) is 0 Å². The Balaban J connectivity index is 4.01. The monoisotopic (exact) mass is 1350 g/mol. The van der Waals surface area contributed by atoms with Crippen molar-refractivity contribution >= 4 is 19.8 Å². The van der Waals surface area contributed by atoms with Gasteiger partial charge in [0.15, 0.2) is 6.10 Å². The van der Waals surface area contributed by atoms with Crippen LogP contribution in [0.3, 0.4) is 0 Å². The van der Waals surface area contributed by atoms with Gasteiger partial charge in [0.25, 0.3) is 0 Å². The number of esters is 2. The van der Waals surface area contributed by atoms with Crippen LogP contribution < -0.4 is 5.73 Å². The SMILES string of the molecule is CC/C=C\C/C=C\C/C=C\C/C=C\C/C=C\C/C=C\C/C=C\C/C=C\C/C=C\C/C=C\C/C=C\CCCCCCCC(=O)OC(COC(=O)CCCCCCCCCCCCCC/C=C\C/C=C\C/C=C\C/C=C\C/C=C\C/C=C\C/C=C\C/C=C\CC)COP(=O)(O)OCCN. The van der Waals surface area contributed by atoms with Crippen molar-refractivity contribution in [2.45, 2.75) is 277 Å². The van der Waals surface area contributed by atoms with Gasteiger partial charge in [-0.25, -0.2) is 4.57 Å². The van der Waals surface area contributed by atoms with Crippen molar-refractivity contribution in [1.29, 1.82) is 0 Å². The molecule has 0 bridgehead atoms. The first kappa shape index (κ1) is 91.1. The van der Waals surface area contributed by atoms with E-state index in [0.29, 0.717) is 12.8 Å². The molecule has 0 rings (SSSR count). The number of phosphoric acid groups is 1. The lowest BCUT2D eigenvalue weighted by Crippen LogP contribution is -2.29. The summed E-state index contributed by atoms with van der Waals surface area (Å²) in [7, 11) is -4.42. The number of rotatable bonds is 68. The van der Waals surface area contributed by atoms with E-state index < -0.39 is 32.5 Å². The maximum atomic E-state index is 12.8. The summed E-state index contributed by atoms with van der Waals surface area (Å²) in [5.41, 5.74) is 5.41. The van der Waals surface area contributed by atoms with Crippen LogP contribution in [0.15, 0.2) is 231 Å². The molecule has 0 saturated carbocycles. The molecule has 0 aliphatic carbocycles. The van der Waals surface area contributed by atoms with Crippen LogP contribution in [0.2, 0.25) is 0 Å². The summed E-state index contributed by atoms with van der Waals surface area (Å²) in [6.45, 7) is 3.47. The predicted octanol–water partition coefficient (Wildman–Crippen LogP) is 25.7. The highest BCUT2D eigenvalue weighted by Crippen LogP contribution is 2.43. The van der Waals surface area contributed by atoms with Gasteiger partial charge in [-0.3, -0.25) is 18.6 Å².